The average molecular weight is 368 g/mol. The quantitative estimate of drug-likeness (QED) is 0.565. The Labute approximate surface area is 156 Å². The van der Waals surface area contributed by atoms with Crippen molar-refractivity contribution in [2.75, 3.05) is 20.7 Å². The first kappa shape index (κ1) is 18.5. The lowest BCUT2D eigenvalue weighted by Gasteiger charge is -2.14. The molecule has 0 fully saturated rings. The van der Waals surface area contributed by atoms with Gasteiger partial charge in [0.2, 0.25) is 0 Å². The molecule has 3 N–H and O–H groups in total. The molecule has 0 spiro atoms. The van der Waals surface area contributed by atoms with Gasteiger partial charge in [-0.1, -0.05) is 18.2 Å². The molecule has 1 atom stereocenters. The third-order valence-corrected chi connectivity index (χ3v) is 4.14. The van der Waals surface area contributed by atoms with Crippen molar-refractivity contribution in [3.63, 3.8) is 0 Å². The summed E-state index contributed by atoms with van der Waals surface area (Å²) in [5.74, 6) is 0.198. The minimum Gasteiger partial charge on any atom is -0.497 e. The van der Waals surface area contributed by atoms with E-state index in [0.717, 1.165) is 27.0 Å². The molecule has 3 aromatic rings. The van der Waals surface area contributed by atoms with E-state index >= 15 is 0 Å². The summed E-state index contributed by atoms with van der Waals surface area (Å²) in [5, 5.41) is 2.23. The van der Waals surface area contributed by atoms with Crippen LogP contribution in [0.1, 0.15) is 16.1 Å². The van der Waals surface area contributed by atoms with Crippen LogP contribution in [0.15, 0.2) is 59.2 Å². The number of likely N-dealkylation sites (N-methyl/N-ethyl adjacent to an activating group) is 1. The molecule has 3 rings (SSSR count). The van der Waals surface area contributed by atoms with Crippen LogP contribution in [0.2, 0.25) is 0 Å². The largest absolute Gasteiger partial charge is 0.497 e. The van der Waals surface area contributed by atoms with Crippen LogP contribution in [0.5, 0.6) is 5.75 Å². The number of amides is 2. The van der Waals surface area contributed by atoms with Crippen molar-refractivity contribution in [1.29, 1.82) is 0 Å². The Morgan fingerprint density at radius 3 is 2.59 bits per heavy atom. The van der Waals surface area contributed by atoms with E-state index in [1.165, 1.54) is 12.3 Å². The summed E-state index contributed by atoms with van der Waals surface area (Å²) in [5.41, 5.74) is 5.85. The Bertz CT molecular complexity index is 938. The normalized spacial score (nSPS) is 11.8. The van der Waals surface area contributed by atoms with Crippen molar-refractivity contribution in [3.8, 4) is 5.75 Å². The SMILES string of the molecule is COc1ccc2cc(C[NH+](C)CC(=O)NNC(=O)c3ccco3)ccc2c1. The monoisotopic (exact) mass is 368 g/mol. The van der Waals surface area contributed by atoms with Gasteiger partial charge in [-0.25, -0.2) is 0 Å². The van der Waals surface area contributed by atoms with Gasteiger partial charge in [-0.3, -0.25) is 20.4 Å². The second-order valence-electron chi connectivity index (χ2n) is 6.34. The number of ether oxygens (including phenoxy) is 1. The first-order valence-electron chi connectivity index (χ1n) is 8.56. The molecule has 1 aromatic heterocycles. The molecule has 0 saturated heterocycles. The number of furan rings is 1. The lowest BCUT2D eigenvalue weighted by molar-refractivity contribution is -0.885. The van der Waals surface area contributed by atoms with E-state index in [-0.39, 0.29) is 18.2 Å². The Morgan fingerprint density at radius 2 is 1.85 bits per heavy atom. The van der Waals surface area contributed by atoms with Gasteiger partial charge in [-0.05, 0) is 41.1 Å². The molecule has 0 aliphatic carbocycles. The number of methoxy groups -OCH3 is 1. The van der Waals surface area contributed by atoms with Crippen molar-refractivity contribution >= 4 is 22.6 Å². The molecule has 2 aromatic carbocycles. The molecular weight excluding hydrogens is 346 g/mol. The predicted octanol–water partition coefficient (Wildman–Crippen LogP) is 0.917. The first-order valence-corrected chi connectivity index (χ1v) is 8.56. The standard InChI is InChI=1S/C20H21N3O4/c1-23(13-19(24)21-22-20(25)18-4-3-9-27-18)12-14-5-6-16-11-17(26-2)8-7-15(16)10-14/h3-11H,12-13H2,1-2H3,(H,21,24)(H,22,25)/p+1. The molecule has 1 heterocycles. The number of hydrazine groups is 1. The first-order chi connectivity index (χ1) is 13.0. The van der Waals surface area contributed by atoms with E-state index in [9.17, 15) is 9.59 Å². The number of nitrogens with one attached hydrogen (secondary N) is 3. The zero-order valence-electron chi connectivity index (χ0n) is 15.2. The highest BCUT2D eigenvalue weighted by Crippen LogP contribution is 2.21. The van der Waals surface area contributed by atoms with Gasteiger partial charge in [0.25, 0.3) is 5.91 Å². The third kappa shape index (κ3) is 4.86. The van der Waals surface area contributed by atoms with Crippen LogP contribution in [-0.4, -0.2) is 32.5 Å². The Kier molecular flexibility index (Phi) is 5.73. The number of quaternary nitrogens is 1. The fourth-order valence-corrected chi connectivity index (χ4v) is 2.84. The number of fused-ring (bicyclic) bond motifs is 1. The zero-order chi connectivity index (χ0) is 19.2. The van der Waals surface area contributed by atoms with Gasteiger partial charge in [0.1, 0.15) is 12.3 Å². The zero-order valence-corrected chi connectivity index (χ0v) is 15.2. The highest BCUT2D eigenvalue weighted by Gasteiger charge is 2.13. The fourth-order valence-electron chi connectivity index (χ4n) is 2.84. The maximum absolute atomic E-state index is 12.0. The maximum Gasteiger partial charge on any atom is 0.305 e. The number of benzene rings is 2. The number of hydrogen-bond acceptors (Lipinski definition) is 4. The van der Waals surface area contributed by atoms with Crippen LogP contribution in [0.3, 0.4) is 0 Å². The van der Waals surface area contributed by atoms with Crippen LogP contribution in [0.4, 0.5) is 0 Å². The Hall–Kier alpha value is -3.32. The Balaban J connectivity index is 1.52. The van der Waals surface area contributed by atoms with Crippen molar-refractivity contribution in [2.24, 2.45) is 0 Å². The molecule has 0 aliphatic heterocycles. The van der Waals surface area contributed by atoms with Crippen molar-refractivity contribution < 1.29 is 23.6 Å². The van der Waals surface area contributed by atoms with Gasteiger partial charge < -0.3 is 14.1 Å². The summed E-state index contributed by atoms with van der Waals surface area (Å²) in [4.78, 5) is 24.7. The van der Waals surface area contributed by atoms with Crippen LogP contribution in [0.25, 0.3) is 10.8 Å². The molecule has 0 aliphatic rings. The van der Waals surface area contributed by atoms with Crippen LogP contribution < -0.4 is 20.5 Å². The van der Waals surface area contributed by atoms with Crippen molar-refractivity contribution in [2.45, 2.75) is 6.54 Å². The highest BCUT2D eigenvalue weighted by atomic mass is 16.5. The number of carbonyl (C=O) groups excluding carboxylic acids is 2. The van der Waals surface area contributed by atoms with Crippen LogP contribution in [0, 0.1) is 0 Å². The molecule has 0 radical (unpaired) electrons. The molecule has 7 heteroatoms. The fraction of sp³-hybridized carbons (Fsp3) is 0.200. The second-order valence-corrected chi connectivity index (χ2v) is 6.34. The van der Waals surface area contributed by atoms with Crippen LogP contribution in [-0.2, 0) is 11.3 Å². The lowest BCUT2D eigenvalue weighted by Crippen LogP contribution is -3.09. The van der Waals surface area contributed by atoms with Gasteiger partial charge in [-0.15, -0.1) is 0 Å². The number of rotatable bonds is 6. The predicted molar refractivity (Wildman–Crippen MR) is 100 cm³/mol. The van der Waals surface area contributed by atoms with E-state index in [4.69, 9.17) is 9.15 Å². The second kappa shape index (κ2) is 8.37. The van der Waals surface area contributed by atoms with Crippen molar-refractivity contribution in [3.05, 3.63) is 66.1 Å². The van der Waals surface area contributed by atoms with E-state index in [0.29, 0.717) is 6.54 Å². The van der Waals surface area contributed by atoms with E-state index < -0.39 is 5.91 Å². The minimum atomic E-state index is -0.490. The smallest absolute Gasteiger partial charge is 0.305 e. The molecule has 1 unspecified atom stereocenters. The highest BCUT2D eigenvalue weighted by molar-refractivity contribution is 5.92. The molecule has 27 heavy (non-hydrogen) atoms. The maximum atomic E-state index is 12.0. The van der Waals surface area contributed by atoms with Crippen molar-refractivity contribution in [1.82, 2.24) is 10.9 Å². The topological polar surface area (TPSA) is 85.0 Å². The molecule has 2 amide bonds. The van der Waals surface area contributed by atoms with Gasteiger partial charge in [0.05, 0.1) is 20.4 Å². The van der Waals surface area contributed by atoms with E-state index in [2.05, 4.69) is 16.9 Å². The average Bonchev–Trinajstić information content (AvgIpc) is 3.20. The van der Waals surface area contributed by atoms with Gasteiger partial charge >= 0.3 is 5.91 Å². The van der Waals surface area contributed by atoms with Gasteiger partial charge in [0, 0.05) is 5.56 Å². The van der Waals surface area contributed by atoms with Gasteiger partial charge in [-0.2, -0.15) is 0 Å². The lowest BCUT2D eigenvalue weighted by atomic mass is 10.1. The third-order valence-electron chi connectivity index (χ3n) is 4.14. The Morgan fingerprint density at radius 1 is 1.07 bits per heavy atom. The number of hydrogen-bond donors (Lipinski definition) is 3. The number of carbonyl (C=O) groups is 2. The summed E-state index contributed by atoms with van der Waals surface area (Å²) in [6.07, 6.45) is 1.40. The van der Waals surface area contributed by atoms with Gasteiger partial charge in [0.15, 0.2) is 12.3 Å². The molecule has 140 valence electrons. The van der Waals surface area contributed by atoms with Crippen LogP contribution >= 0.6 is 0 Å². The summed E-state index contributed by atoms with van der Waals surface area (Å²) in [7, 11) is 3.57. The summed E-state index contributed by atoms with van der Waals surface area (Å²) < 4.78 is 10.2. The summed E-state index contributed by atoms with van der Waals surface area (Å²) >= 11 is 0. The molecule has 7 nitrogen and oxygen atoms in total. The minimum absolute atomic E-state index is 0.142. The van der Waals surface area contributed by atoms with E-state index in [1.807, 2.05) is 37.4 Å². The molecule has 0 saturated carbocycles. The summed E-state index contributed by atoms with van der Waals surface area (Å²) in [6.45, 7) is 0.903. The molecular formula is C20H22N3O4+. The molecule has 0 bridgehead atoms. The summed E-state index contributed by atoms with van der Waals surface area (Å²) in [6, 6.07) is 15.3. The van der Waals surface area contributed by atoms with E-state index in [1.54, 1.807) is 13.2 Å².